The van der Waals surface area contributed by atoms with E-state index in [4.69, 9.17) is 4.42 Å². The maximum absolute atomic E-state index is 13.0. The Bertz CT molecular complexity index is 967. The molecule has 4 rings (SSSR count). The maximum Gasteiger partial charge on any atom is 0.257 e. The van der Waals surface area contributed by atoms with Crippen molar-refractivity contribution in [2.75, 3.05) is 31.1 Å². The van der Waals surface area contributed by atoms with Gasteiger partial charge in [0.1, 0.15) is 11.8 Å². The molecule has 1 amide bonds. The molecular weight excluding hydrogens is 378 g/mol. The standard InChI is InChI=1S/C20H23N3O4S/c1-15-4-6-16(7-5-15)17-13-18(19-3-2-10-27-19)23(21-17)20(24)14-22-8-11-28(25,26)12-9-22/h2-7,10,18H,8-9,11-14H2,1H3. The van der Waals surface area contributed by atoms with Crippen molar-refractivity contribution >= 4 is 21.5 Å². The Morgan fingerprint density at radius 1 is 1.18 bits per heavy atom. The third-order valence-corrected chi connectivity index (χ3v) is 6.83. The summed E-state index contributed by atoms with van der Waals surface area (Å²) in [6.45, 7) is 2.93. The number of sulfone groups is 1. The van der Waals surface area contributed by atoms with Crippen LogP contribution in [0.15, 0.2) is 52.2 Å². The monoisotopic (exact) mass is 401 g/mol. The summed E-state index contributed by atoms with van der Waals surface area (Å²) in [4.78, 5) is 14.9. The van der Waals surface area contributed by atoms with Crippen LogP contribution in [0.3, 0.4) is 0 Å². The Balaban J connectivity index is 1.54. The van der Waals surface area contributed by atoms with Crippen molar-refractivity contribution in [2.24, 2.45) is 5.10 Å². The molecule has 0 radical (unpaired) electrons. The van der Waals surface area contributed by atoms with E-state index in [0.717, 1.165) is 16.8 Å². The molecule has 0 spiro atoms. The minimum Gasteiger partial charge on any atom is -0.467 e. The maximum atomic E-state index is 13.0. The molecule has 2 aliphatic rings. The van der Waals surface area contributed by atoms with E-state index < -0.39 is 9.84 Å². The third-order valence-electron chi connectivity index (χ3n) is 5.22. The van der Waals surface area contributed by atoms with E-state index in [1.807, 2.05) is 42.2 Å². The Labute approximate surface area is 164 Å². The van der Waals surface area contributed by atoms with Gasteiger partial charge in [-0.2, -0.15) is 5.10 Å². The summed E-state index contributed by atoms with van der Waals surface area (Å²) in [6, 6.07) is 11.4. The largest absolute Gasteiger partial charge is 0.467 e. The molecule has 7 nitrogen and oxygen atoms in total. The molecule has 8 heteroatoms. The number of nitrogens with zero attached hydrogens (tertiary/aromatic N) is 3. The van der Waals surface area contributed by atoms with E-state index in [0.29, 0.717) is 25.3 Å². The lowest BCUT2D eigenvalue weighted by Gasteiger charge is -2.28. The topological polar surface area (TPSA) is 83.2 Å². The van der Waals surface area contributed by atoms with Crippen LogP contribution in [0, 0.1) is 6.92 Å². The van der Waals surface area contributed by atoms with Crippen LogP contribution in [0.2, 0.25) is 0 Å². The number of benzene rings is 1. The summed E-state index contributed by atoms with van der Waals surface area (Å²) in [5, 5.41) is 6.11. The van der Waals surface area contributed by atoms with E-state index in [2.05, 4.69) is 5.10 Å². The SMILES string of the molecule is Cc1ccc(C2=NN(C(=O)CN3CCS(=O)(=O)CC3)C(c3ccco3)C2)cc1. The molecule has 28 heavy (non-hydrogen) atoms. The molecule has 0 saturated carbocycles. The van der Waals surface area contributed by atoms with E-state index in [1.165, 1.54) is 5.01 Å². The van der Waals surface area contributed by atoms with Crippen molar-refractivity contribution in [1.82, 2.24) is 9.91 Å². The predicted octanol–water partition coefficient (Wildman–Crippen LogP) is 2.00. The summed E-state index contributed by atoms with van der Waals surface area (Å²) in [7, 11) is -2.97. The van der Waals surface area contributed by atoms with Gasteiger partial charge >= 0.3 is 0 Å². The zero-order valence-corrected chi connectivity index (χ0v) is 16.6. The second-order valence-corrected chi connectivity index (χ2v) is 9.62. The van der Waals surface area contributed by atoms with Gasteiger partial charge in [0.25, 0.3) is 5.91 Å². The molecule has 2 aromatic rings. The van der Waals surface area contributed by atoms with E-state index in [1.54, 1.807) is 12.3 Å². The van der Waals surface area contributed by atoms with Gasteiger partial charge in [-0.15, -0.1) is 0 Å². The predicted molar refractivity (Wildman–Crippen MR) is 106 cm³/mol. The minimum absolute atomic E-state index is 0.0970. The molecule has 148 valence electrons. The van der Waals surface area contributed by atoms with Gasteiger partial charge in [-0.3, -0.25) is 9.69 Å². The van der Waals surface area contributed by atoms with Gasteiger partial charge < -0.3 is 4.42 Å². The molecule has 1 saturated heterocycles. The molecule has 1 fully saturated rings. The molecule has 0 bridgehead atoms. The number of carbonyl (C=O) groups excluding carboxylic acids is 1. The fourth-order valence-electron chi connectivity index (χ4n) is 3.54. The first-order valence-electron chi connectivity index (χ1n) is 9.34. The van der Waals surface area contributed by atoms with Crippen molar-refractivity contribution in [3.63, 3.8) is 0 Å². The molecule has 1 aromatic carbocycles. The molecule has 0 N–H and O–H groups in total. The molecule has 3 heterocycles. The van der Waals surface area contributed by atoms with Crippen LogP contribution in [-0.4, -0.2) is 61.1 Å². The Hall–Kier alpha value is -2.45. The van der Waals surface area contributed by atoms with E-state index in [-0.39, 0.29) is 30.0 Å². The highest BCUT2D eigenvalue weighted by Gasteiger charge is 2.36. The van der Waals surface area contributed by atoms with Gasteiger partial charge in [0.2, 0.25) is 0 Å². The van der Waals surface area contributed by atoms with Gasteiger partial charge in [0.05, 0.1) is 30.0 Å². The van der Waals surface area contributed by atoms with Crippen molar-refractivity contribution in [1.29, 1.82) is 0 Å². The molecule has 1 atom stereocenters. The summed E-state index contributed by atoms with van der Waals surface area (Å²) < 4.78 is 28.8. The van der Waals surface area contributed by atoms with Crippen LogP contribution < -0.4 is 0 Å². The minimum atomic E-state index is -2.97. The van der Waals surface area contributed by atoms with Crippen LogP contribution in [0.4, 0.5) is 0 Å². The number of furan rings is 1. The lowest BCUT2D eigenvalue weighted by molar-refractivity contribution is -0.134. The lowest BCUT2D eigenvalue weighted by Crippen LogP contribution is -2.45. The Kier molecular flexibility index (Phi) is 5.07. The first kappa shape index (κ1) is 18.9. The molecule has 1 aromatic heterocycles. The fraction of sp³-hybridized carbons (Fsp3) is 0.400. The van der Waals surface area contributed by atoms with Crippen LogP contribution in [0.1, 0.15) is 29.3 Å². The average Bonchev–Trinajstić information content (AvgIpc) is 3.33. The number of amides is 1. The molecule has 2 aliphatic heterocycles. The number of hydrogen-bond donors (Lipinski definition) is 0. The Morgan fingerprint density at radius 3 is 2.54 bits per heavy atom. The number of hydrogen-bond acceptors (Lipinski definition) is 6. The van der Waals surface area contributed by atoms with Gasteiger partial charge in [0, 0.05) is 19.5 Å². The van der Waals surface area contributed by atoms with Crippen molar-refractivity contribution in [3.8, 4) is 0 Å². The quantitative estimate of drug-likeness (QED) is 0.782. The summed E-state index contributed by atoms with van der Waals surface area (Å²) >= 11 is 0. The van der Waals surface area contributed by atoms with Crippen LogP contribution in [-0.2, 0) is 14.6 Å². The first-order valence-corrected chi connectivity index (χ1v) is 11.2. The number of aryl methyl sites for hydroxylation is 1. The van der Waals surface area contributed by atoms with E-state index in [9.17, 15) is 13.2 Å². The van der Waals surface area contributed by atoms with Crippen molar-refractivity contribution < 1.29 is 17.6 Å². The summed E-state index contributed by atoms with van der Waals surface area (Å²) in [5.74, 6) is 0.739. The Morgan fingerprint density at radius 2 is 1.89 bits per heavy atom. The fourth-order valence-corrected chi connectivity index (χ4v) is 4.81. The van der Waals surface area contributed by atoms with Gasteiger partial charge in [-0.1, -0.05) is 29.8 Å². The zero-order valence-electron chi connectivity index (χ0n) is 15.7. The highest BCUT2D eigenvalue weighted by atomic mass is 32.2. The lowest BCUT2D eigenvalue weighted by atomic mass is 10.0. The molecule has 0 aliphatic carbocycles. The van der Waals surface area contributed by atoms with Crippen LogP contribution in [0.25, 0.3) is 0 Å². The van der Waals surface area contributed by atoms with Crippen LogP contribution in [0.5, 0.6) is 0 Å². The smallest absolute Gasteiger partial charge is 0.257 e. The molecular formula is C20H23N3O4S. The van der Waals surface area contributed by atoms with Gasteiger partial charge in [-0.25, -0.2) is 13.4 Å². The third kappa shape index (κ3) is 4.02. The summed E-state index contributed by atoms with van der Waals surface area (Å²) in [5.41, 5.74) is 3.00. The highest BCUT2D eigenvalue weighted by molar-refractivity contribution is 7.91. The van der Waals surface area contributed by atoms with Crippen molar-refractivity contribution in [2.45, 2.75) is 19.4 Å². The zero-order chi connectivity index (χ0) is 19.7. The number of carbonyl (C=O) groups is 1. The van der Waals surface area contributed by atoms with Crippen molar-refractivity contribution in [3.05, 3.63) is 59.5 Å². The molecule has 1 unspecified atom stereocenters. The van der Waals surface area contributed by atoms with Gasteiger partial charge in [-0.05, 0) is 24.6 Å². The van der Waals surface area contributed by atoms with Crippen LogP contribution >= 0.6 is 0 Å². The summed E-state index contributed by atoms with van der Waals surface area (Å²) in [6.07, 6.45) is 2.17. The van der Waals surface area contributed by atoms with Gasteiger partial charge in [0.15, 0.2) is 9.84 Å². The van der Waals surface area contributed by atoms with E-state index >= 15 is 0 Å². The average molecular weight is 401 g/mol. The first-order chi connectivity index (χ1) is 13.4. The second kappa shape index (κ2) is 7.52. The highest BCUT2D eigenvalue weighted by Crippen LogP contribution is 2.33. The second-order valence-electron chi connectivity index (χ2n) is 7.31. The normalized spacial score (nSPS) is 22.2. The number of rotatable bonds is 4. The number of hydrazone groups is 1.